The number of aryl methyl sites for hydroxylation is 1. The number of hydrogen-bond donors (Lipinski definition) is 1. The maximum atomic E-state index is 11.7. The van der Waals surface area contributed by atoms with E-state index in [4.69, 9.17) is 11.6 Å². The number of hydrogen-bond acceptors (Lipinski definition) is 2. The summed E-state index contributed by atoms with van der Waals surface area (Å²) in [6.07, 6.45) is 0.366. The summed E-state index contributed by atoms with van der Waals surface area (Å²) in [6.45, 7) is 3.80. The fourth-order valence-corrected chi connectivity index (χ4v) is 1.52. The predicted molar refractivity (Wildman–Crippen MR) is 61.4 cm³/mol. The Morgan fingerprint density at radius 2 is 2.20 bits per heavy atom. The summed E-state index contributed by atoms with van der Waals surface area (Å²) in [4.78, 5) is 11.7. The Morgan fingerprint density at radius 3 is 2.73 bits per heavy atom. The van der Waals surface area contributed by atoms with Crippen LogP contribution in [0.4, 0.5) is 0 Å². The van der Waals surface area contributed by atoms with Crippen molar-refractivity contribution >= 4 is 17.4 Å². The van der Waals surface area contributed by atoms with Crippen LogP contribution in [-0.4, -0.2) is 17.0 Å². The zero-order valence-corrected chi connectivity index (χ0v) is 9.71. The van der Waals surface area contributed by atoms with Gasteiger partial charge in [-0.25, -0.2) is 0 Å². The number of aliphatic hydroxyl groups excluding tert-OH is 1. The summed E-state index contributed by atoms with van der Waals surface area (Å²) >= 11 is 5.91. The molecule has 0 amide bonds. The van der Waals surface area contributed by atoms with Gasteiger partial charge in [0.1, 0.15) is 6.10 Å². The van der Waals surface area contributed by atoms with Gasteiger partial charge in [-0.3, -0.25) is 4.79 Å². The monoisotopic (exact) mass is 226 g/mol. The van der Waals surface area contributed by atoms with Crippen molar-refractivity contribution in [2.24, 2.45) is 0 Å². The smallest absolute Gasteiger partial charge is 0.191 e. The lowest BCUT2D eigenvalue weighted by atomic mass is 10.0. The third-order valence-corrected chi connectivity index (χ3v) is 2.73. The van der Waals surface area contributed by atoms with E-state index in [2.05, 4.69) is 0 Å². The molecule has 0 saturated carbocycles. The van der Waals surface area contributed by atoms with Crippen LogP contribution in [0.25, 0.3) is 0 Å². The van der Waals surface area contributed by atoms with Gasteiger partial charge in [0.2, 0.25) is 0 Å². The Balaban J connectivity index is 2.87. The average molecular weight is 227 g/mol. The first kappa shape index (κ1) is 12.2. The van der Waals surface area contributed by atoms with Gasteiger partial charge in [0.25, 0.3) is 0 Å². The van der Waals surface area contributed by atoms with E-state index < -0.39 is 6.10 Å². The van der Waals surface area contributed by atoms with Crippen LogP contribution in [0.3, 0.4) is 0 Å². The standard InChI is InChI=1S/C12H15ClO2/c1-3-4-11(14)12(15)9-6-5-8(2)10(13)7-9/h5-7,11,14H,3-4H2,1-2H3. The van der Waals surface area contributed by atoms with Gasteiger partial charge in [-0.15, -0.1) is 0 Å². The fourth-order valence-electron chi connectivity index (χ4n) is 1.34. The predicted octanol–water partition coefficient (Wildman–Crippen LogP) is 2.99. The number of carbonyl (C=O) groups excluding carboxylic acids is 1. The Hall–Kier alpha value is -0.860. The topological polar surface area (TPSA) is 37.3 Å². The molecule has 0 fully saturated rings. The Kier molecular flexibility index (Phi) is 4.30. The van der Waals surface area contributed by atoms with Crippen LogP contribution in [0.5, 0.6) is 0 Å². The second kappa shape index (κ2) is 5.29. The highest BCUT2D eigenvalue weighted by Crippen LogP contribution is 2.18. The van der Waals surface area contributed by atoms with Crippen molar-refractivity contribution in [3.8, 4) is 0 Å². The molecule has 0 radical (unpaired) electrons. The third-order valence-electron chi connectivity index (χ3n) is 2.32. The van der Waals surface area contributed by atoms with Crippen LogP contribution in [0, 0.1) is 6.92 Å². The fraction of sp³-hybridized carbons (Fsp3) is 0.417. The molecule has 15 heavy (non-hydrogen) atoms. The van der Waals surface area contributed by atoms with Gasteiger partial charge in [0.05, 0.1) is 0 Å². The molecule has 82 valence electrons. The van der Waals surface area contributed by atoms with Crippen LogP contribution in [0.15, 0.2) is 18.2 Å². The Morgan fingerprint density at radius 1 is 1.53 bits per heavy atom. The first-order valence-electron chi connectivity index (χ1n) is 5.04. The van der Waals surface area contributed by atoms with E-state index in [0.717, 1.165) is 12.0 Å². The number of ketones is 1. The van der Waals surface area contributed by atoms with E-state index in [1.807, 2.05) is 13.8 Å². The molecule has 1 N–H and O–H groups in total. The van der Waals surface area contributed by atoms with E-state index in [0.29, 0.717) is 17.0 Å². The van der Waals surface area contributed by atoms with Crippen molar-refractivity contribution in [3.63, 3.8) is 0 Å². The minimum Gasteiger partial charge on any atom is -0.385 e. The summed E-state index contributed by atoms with van der Waals surface area (Å²) in [5.74, 6) is -0.251. The molecule has 3 heteroatoms. The highest BCUT2D eigenvalue weighted by molar-refractivity contribution is 6.31. The molecule has 1 rings (SSSR count). The van der Waals surface area contributed by atoms with Gasteiger partial charge in [-0.2, -0.15) is 0 Å². The molecule has 0 aliphatic carbocycles. The van der Waals surface area contributed by atoms with Gasteiger partial charge < -0.3 is 5.11 Å². The molecule has 1 aromatic carbocycles. The summed E-state index contributed by atoms with van der Waals surface area (Å²) in [7, 11) is 0. The van der Waals surface area contributed by atoms with Gasteiger partial charge >= 0.3 is 0 Å². The van der Waals surface area contributed by atoms with Crippen molar-refractivity contribution in [3.05, 3.63) is 34.3 Å². The number of aliphatic hydroxyl groups is 1. The lowest BCUT2D eigenvalue weighted by Crippen LogP contribution is -2.20. The van der Waals surface area contributed by atoms with Crippen molar-refractivity contribution < 1.29 is 9.90 Å². The van der Waals surface area contributed by atoms with Crippen molar-refractivity contribution in [2.45, 2.75) is 32.8 Å². The quantitative estimate of drug-likeness (QED) is 0.802. The van der Waals surface area contributed by atoms with Crippen LogP contribution in [0.2, 0.25) is 5.02 Å². The third kappa shape index (κ3) is 3.05. The second-order valence-electron chi connectivity index (χ2n) is 3.63. The maximum absolute atomic E-state index is 11.7. The Labute approximate surface area is 94.9 Å². The van der Waals surface area contributed by atoms with Crippen molar-refractivity contribution in [1.82, 2.24) is 0 Å². The lowest BCUT2D eigenvalue weighted by molar-refractivity contribution is 0.0729. The molecule has 1 atom stereocenters. The largest absolute Gasteiger partial charge is 0.385 e. The summed E-state index contributed by atoms with van der Waals surface area (Å²) in [5, 5.41) is 10.1. The molecule has 0 aromatic heterocycles. The average Bonchev–Trinajstić information content (AvgIpc) is 2.21. The molecule has 1 aromatic rings. The second-order valence-corrected chi connectivity index (χ2v) is 4.04. The zero-order valence-electron chi connectivity index (χ0n) is 8.96. The molecule has 0 spiro atoms. The van der Waals surface area contributed by atoms with E-state index in [-0.39, 0.29) is 5.78 Å². The summed E-state index contributed by atoms with van der Waals surface area (Å²) in [6, 6.07) is 5.09. The highest BCUT2D eigenvalue weighted by atomic mass is 35.5. The lowest BCUT2D eigenvalue weighted by Gasteiger charge is -2.08. The Bertz CT molecular complexity index is 361. The molecule has 1 unspecified atom stereocenters. The van der Waals surface area contributed by atoms with E-state index >= 15 is 0 Å². The molecule has 0 aliphatic heterocycles. The van der Waals surface area contributed by atoms with Gasteiger partial charge in [0, 0.05) is 10.6 Å². The summed E-state index contributed by atoms with van der Waals surface area (Å²) in [5.41, 5.74) is 1.41. The van der Waals surface area contributed by atoms with E-state index in [1.165, 1.54) is 0 Å². The van der Waals surface area contributed by atoms with Crippen LogP contribution < -0.4 is 0 Å². The van der Waals surface area contributed by atoms with E-state index in [1.54, 1.807) is 18.2 Å². The number of rotatable bonds is 4. The minimum absolute atomic E-state index is 0.251. The summed E-state index contributed by atoms with van der Waals surface area (Å²) < 4.78 is 0. The van der Waals surface area contributed by atoms with Crippen LogP contribution in [0.1, 0.15) is 35.7 Å². The van der Waals surface area contributed by atoms with Crippen LogP contribution >= 0.6 is 11.6 Å². The van der Waals surface area contributed by atoms with Crippen molar-refractivity contribution in [2.75, 3.05) is 0 Å². The minimum atomic E-state index is -0.909. The normalized spacial score (nSPS) is 12.5. The molecule has 0 saturated heterocycles. The maximum Gasteiger partial charge on any atom is 0.191 e. The van der Waals surface area contributed by atoms with Gasteiger partial charge in [-0.05, 0) is 25.0 Å². The molecule has 0 bridgehead atoms. The molecular weight excluding hydrogens is 212 g/mol. The number of carbonyl (C=O) groups is 1. The zero-order chi connectivity index (χ0) is 11.4. The highest BCUT2D eigenvalue weighted by Gasteiger charge is 2.16. The van der Waals surface area contributed by atoms with Crippen LogP contribution in [-0.2, 0) is 0 Å². The number of benzene rings is 1. The molecule has 0 aliphatic rings. The molecule has 0 heterocycles. The number of halogens is 1. The number of Topliss-reactive ketones (excluding diaryl/α,β-unsaturated/α-hetero) is 1. The first-order chi connectivity index (χ1) is 7.06. The van der Waals surface area contributed by atoms with Crippen molar-refractivity contribution in [1.29, 1.82) is 0 Å². The molecule has 2 nitrogen and oxygen atoms in total. The van der Waals surface area contributed by atoms with Gasteiger partial charge in [-0.1, -0.05) is 37.1 Å². The molecular formula is C12H15ClO2. The first-order valence-corrected chi connectivity index (χ1v) is 5.42. The van der Waals surface area contributed by atoms with Gasteiger partial charge in [0.15, 0.2) is 5.78 Å². The van der Waals surface area contributed by atoms with E-state index in [9.17, 15) is 9.90 Å². The SMILES string of the molecule is CCCC(O)C(=O)c1ccc(C)c(Cl)c1.